The van der Waals surface area contributed by atoms with Crippen LogP contribution in [0.2, 0.25) is 5.02 Å². The van der Waals surface area contributed by atoms with Crippen LogP contribution in [0.15, 0.2) is 17.2 Å². The summed E-state index contributed by atoms with van der Waals surface area (Å²) in [4.78, 5) is 13.2. The first-order chi connectivity index (χ1) is 22.6. The second-order valence-electron chi connectivity index (χ2n) is 12.9. The highest BCUT2D eigenvalue weighted by Gasteiger charge is 2.49. The standard InChI is InChI=1S/C30H33ClF5N7O4S/c1-48(44,45)27-24(31)21-13-41(7-3-9-43(21)40-27)26-17-14-46-22(23-18(30(34,35)36)4-5-19(37)25(23)33)10-20(17)38-28(39-26)47-15-29-6-2-8-42(29)12-16(32)11-29/h4-5,16,22H,2-3,6-15,37H2,1H3/t16-,22+,29+/m1/s1. The number of aromatic nitrogens is 4. The second kappa shape index (κ2) is 11.9. The van der Waals surface area contributed by atoms with Gasteiger partial charge in [0.1, 0.15) is 23.6 Å². The van der Waals surface area contributed by atoms with E-state index in [1.807, 2.05) is 4.90 Å². The van der Waals surface area contributed by atoms with E-state index in [0.717, 1.165) is 37.8 Å². The van der Waals surface area contributed by atoms with Crippen LogP contribution in [-0.4, -0.2) is 77.3 Å². The lowest BCUT2D eigenvalue weighted by Crippen LogP contribution is -2.43. The number of nitrogens with zero attached hydrogens (tertiary/aromatic N) is 6. The van der Waals surface area contributed by atoms with Crippen molar-refractivity contribution in [2.45, 2.75) is 80.8 Å². The molecule has 2 fully saturated rings. The van der Waals surface area contributed by atoms with Gasteiger partial charge in [-0.25, -0.2) is 17.2 Å². The molecule has 0 radical (unpaired) electrons. The highest BCUT2D eigenvalue weighted by Crippen LogP contribution is 2.44. The van der Waals surface area contributed by atoms with Gasteiger partial charge in [-0.3, -0.25) is 9.58 Å². The molecule has 0 amide bonds. The van der Waals surface area contributed by atoms with Crippen LogP contribution in [0.4, 0.5) is 33.5 Å². The summed E-state index contributed by atoms with van der Waals surface area (Å²) < 4.78 is 110. The van der Waals surface area contributed by atoms with Crippen LogP contribution in [0.25, 0.3) is 0 Å². The first kappa shape index (κ1) is 33.2. The van der Waals surface area contributed by atoms with Crippen molar-refractivity contribution in [2.24, 2.45) is 0 Å². The molecular weight excluding hydrogens is 685 g/mol. The summed E-state index contributed by atoms with van der Waals surface area (Å²) in [6.45, 7) is 1.77. The van der Waals surface area contributed by atoms with E-state index in [0.29, 0.717) is 49.6 Å². The summed E-state index contributed by atoms with van der Waals surface area (Å²) in [5, 5.41) is 3.97. The monoisotopic (exact) mass is 717 g/mol. The van der Waals surface area contributed by atoms with Gasteiger partial charge in [-0.15, -0.1) is 0 Å². The first-order valence-electron chi connectivity index (χ1n) is 15.5. The summed E-state index contributed by atoms with van der Waals surface area (Å²) in [5.74, 6) is -0.872. The van der Waals surface area contributed by atoms with Crippen LogP contribution in [0.5, 0.6) is 6.01 Å². The van der Waals surface area contributed by atoms with Crippen molar-refractivity contribution in [3.63, 3.8) is 0 Å². The fourth-order valence-electron chi connectivity index (χ4n) is 7.44. The van der Waals surface area contributed by atoms with Gasteiger partial charge in [0.25, 0.3) is 0 Å². The maximum absolute atomic E-state index is 15.3. The number of aryl methyl sites for hydroxylation is 1. The summed E-state index contributed by atoms with van der Waals surface area (Å²) in [6.07, 6.45) is -4.05. The van der Waals surface area contributed by atoms with E-state index in [1.165, 1.54) is 0 Å². The molecule has 0 saturated carbocycles. The lowest BCUT2D eigenvalue weighted by atomic mass is 9.94. The molecule has 3 atom stereocenters. The van der Waals surface area contributed by atoms with Gasteiger partial charge in [0.05, 0.1) is 47.4 Å². The number of anilines is 2. The number of sulfone groups is 1. The van der Waals surface area contributed by atoms with E-state index >= 15 is 4.39 Å². The number of ether oxygens (including phenoxy) is 2. The van der Waals surface area contributed by atoms with Gasteiger partial charge < -0.3 is 20.1 Å². The van der Waals surface area contributed by atoms with Crippen molar-refractivity contribution in [1.82, 2.24) is 24.6 Å². The number of hydrogen-bond donors (Lipinski definition) is 1. The zero-order valence-electron chi connectivity index (χ0n) is 25.9. The van der Waals surface area contributed by atoms with Gasteiger partial charge in [0.2, 0.25) is 0 Å². The Kier molecular flexibility index (Phi) is 8.27. The maximum Gasteiger partial charge on any atom is 0.416 e. The van der Waals surface area contributed by atoms with Crippen molar-refractivity contribution >= 4 is 32.9 Å². The number of nitrogens with two attached hydrogens (primary N) is 1. The Morgan fingerprint density at radius 2 is 1.98 bits per heavy atom. The Bertz CT molecular complexity index is 1880. The number of benzene rings is 1. The fourth-order valence-corrected chi connectivity index (χ4v) is 8.74. The third kappa shape index (κ3) is 5.85. The lowest BCUT2D eigenvalue weighted by molar-refractivity contribution is -0.140. The van der Waals surface area contributed by atoms with E-state index in [4.69, 9.17) is 31.8 Å². The predicted molar refractivity (Wildman–Crippen MR) is 164 cm³/mol. The van der Waals surface area contributed by atoms with E-state index in [9.17, 15) is 26.0 Å². The normalized spacial score (nSPS) is 24.7. The Morgan fingerprint density at radius 1 is 1.19 bits per heavy atom. The third-order valence-corrected chi connectivity index (χ3v) is 11.2. The highest BCUT2D eigenvalue weighted by molar-refractivity contribution is 7.90. The second-order valence-corrected chi connectivity index (χ2v) is 15.2. The van der Waals surface area contributed by atoms with Crippen molar-refractivity contribution < 1.29 is 39.8 Å². The quantitative estimate of drug-likeness (QED) is 0.284. The van der Waals surface area contributed by atoms with Gasteiger partial charge in [-0.2, -0.15) is 28.2 Å². The molecule has 48 heavy (non-hydrogen) atoms. The Morgan fingerprint density at radius 3 is 2.73 bits per heavy atom. The number of fused-ring (bicyclic) bond motifs is 3. The molecule has 4 aliphatic heterocycles. The van der Waals surface area contributed by atoms with Crippen LogP contribution in [-0.2, 0) is 46.9 Å². The van der Waals surface area contributed by atoms with Gasteiger partial charge in [-0.05, 0) is 37.9 Å². The van der Waals surface area contributed by atoms with Crippen molar-refractivity contribution in [2.75, 3.05) is 43.1 Å². The molecule has 2 aromatic heterocycles. The molecule has 1 aromatic carbocycles. The Labute approximate surface area is 278 Å². The minimum absolute atomic E-state index is 0.0145. The molecule has 0 spiro atoms. The molecule has 0 unspecified atom stereocenters. The lowest BCUT2D eigenvalue weighted by Gasteiger charge is -2.33. The number of hydrogen-bond acceptors (Lipinski definition) is 10. The minimum atomic E-state index is -4.88. The van der Waals surface area contributed by atoms with E-state index in [-0.39, 0.29) is 47.9 Å². The van der Waals surface area contributed by atoms with E-state index < -0.39 is 56.5 Å². The number of alkyl halides is 4. The molecule has 3 aromatic rings. The summed E-state index contributed by atoms with van der Waals surface area (Å²) in [6, 6.07) is 1.53. The smallest absolute Gasteiger partial charge is 0.416 e. The van der Waals surface area contributed by atoms with E-state index in [2.05, 4.69) is 15.0 Å². The molecule has 0 aliphatic carbocycles. The van der Waals surface area contributed by atoms with Gasteiger partial charge in [0.15, 0.2) is 20.7 Å². The minimum Gasteiger partial charge on any atom is -0.461 e. The molecule has 0 bridgehead atoms. The topological polar surface area (TPSA) is 129 Å². The van der Waals surface area contributed by atoms with Crippen LogP contribution in [0, 0.1) is 5.82 Å². The summed E-state index contributed by atoms with van der Waals surface area (Å²) >= 11 is 6.53. The van der Waals surface area contributed by atoms with Crippen LogP contribution in [0.3, 0.4) is 0 Å². The average Bonchev–Trinajstić information content (AvgIpc) is 3.58. The molecule has 4 aliphatic rings. The largest absolute Gasteiger partial charge is 0.461 e. The third-order valence-electron chi connectivity index (χ3n) is 9.68. The van der Waals surface area contributed by atoms with Crippen molar-refractivity contribution in [1.29, 1.82) is 0 Å². The molecule has 260 valence electrons. The number of halogens is 6. The fraction of sp³-hybridized carbons (Fsp3) is 0.567. The molecular formula is C30H33ClF5N7O4S. The zero-order valence-corrected chi connectivity index (χ0v) is 27.4. The summed E-state index contributed by atoms with van der Waals surface area (Å²) in [5.41, 5.74) is 3.98. The predicted octanol–water partition coefficient (Wildman–Crippen LogP) is 4.65. The molecule has 2 saturated heterocycles. The van der Waals surface area contributed by atoms with Crippen LogP contribution in [0.1, 0.15) is 59.9 Å². The number of nitrogen functional groups attached to an aromatic ring is 1. The molecule has 7 rings (SSSR count). The van der Waals surface area contributed by atoms with Gasteiger partial charge in [-0.1, -0.05) is 11.6 Å². The van der Waals surface area contributed by atoms with Crippen LogP contribution >= 0.6 is 11.6 Å². The maximum atomic E-state index is 15.3. The SMILES string of the molecule is CS(=O)(=O)c1nn2c(c1Cl)CN(c1nc(OC[C@@]34CCCN3C[C@H](F)C4)nc3c1CO[C@H](c1c(C(F)(F)F)ccc(N)c1F)C3)CCC2. The van der Waals surface area contributed by atoms with E-state index in [1.54, 1.807) is 4.68 Å². The highest BCUT2D eigenvalue weighted by atomic mass is 35.5. The van der Waals surface area contributed by atoms with Gasteiger partial charge in [0, 0.05) is 49.9 Å². The first-order valence-corrected chi connectivity index (χ1v) is 17.8. The Balaban J connectivity index is 1.28. The Hall–Kier alpha value is -3.28. The van der Waals surface area contributed by atoms with Crippen LogP contribution < -0.4 is 15.4 Å². The molecule has 2 N–H and O–H groups in total. The molecule has 11 nitrogen and oxygen atoms in total. The molecule has 18 heteroatoms. The van der Waals surface area contributed by atoms with Crippen molar-refractivity contribution in [3.8, 4) is 6.01 Å². The number of rotatable bonds is 6. The van der Waals surface area contributed by atoms with Crippen molar-refractivity contribution in [3.05, 3.63) is 51.1 Å². The average molecular weight is 718 g/mol. The van der Waals surface area contributed by atoms with Gasteiger partial charge >= 0.3 is 12.2 Å². The summed E-state index contributed by atoms with van der Waals surface area (Å²) in [7, 11) is -3.72. The molecule has 6 heterocycles. The zero-order chi connectivity index (χ0) is 34.2.